The van der Waals surface area contributed by atoms with Crippen molar-refractivity contribution in [1.82, 2.24) is 114 Å². The number of primary amides is 1. The van der Waals surface area contributed by atoms with E-state index in [9.17, 15) is 62.2 Å². The molecular weight excluding hydrogens is 1770 g/mol. The maximum absolute atomic E-state index is 15.3. The fraction of sp³-hybridized carbons (Fsp3) is 0.536. The van der Waals surface area contributed by atoms with Gasteiger partial charge in [-0.1, -0.05) is 50.1 Å². The van der Waals surface area contributed by atoms with Crippen molar-refractivity contribution >= 4 is 149 Å². The molecule has 0 aliphatic carbocycles. The van der Waals surface area contributed by atoms with Crippen molar-refractivity contribution < 1.29 is 86.2 Å². The highest BCUT2D eigenvalue weighted by Gasteiger charge is 2.46. The van der Waals surface area contributed by atoms with Crippen LogP contribution in [0.5, 0.6) is 0 Å². The zero-order chi connectivity index (χ0) is 97.0. The van der Waals surface area contributed by atoms with Gasteiger partial charge in [-0.2, -0.15) is 25.3 Å². The normalized spacial score (nSPS) is 17.1. The van der Waals surface area contributed by atoms with Crippen LogP contribution in [0.1, 0.15) is 146 Å². The zero-order valence-electron chi connectivity index (χ0n) is 73.9. The number of nitrogens with zero attached hydrogens (tertiary/aromatic N) is 5. The largest absolute Gasteiger partial charge is 0.481 e. The Morgan fingerprint density at radius 3 is 1.31 bits per heavy atom. The summed E-state index contributed by atoms with van der Waals surface area (Å²) >= 11 is 8.77. The predicted octanol–water partition coefficient (Wildman–Crippen LogP) is -4.46. The lowest BCUT2D eigenvalue weighted by molar-refractivity contribution is -0.148. The Morgan fingerprint density at radius 2 is 0.850 bits per heavy atom. The Balaban J connectivity index is 0.995. The lowest BCUT2D eigenvalue weighted by Gasteiger charge is -2.33. The highest BCUT2D eigenvalue weighted by molar-refractivity contribution is 7.80. The lowest BCUT2D eigenvalue weighted by atomic mass is 10.0. The van der Waals surface area contributed by atoms with E-state index in [2.05, 4.69) is 125 Å². The van der Waals surface area contributed by atoms with Gasteiger partial charge in [-0.3, -0.25) is 92.9 Å². The average Bonchev–Trinajstić information content (AvgIpc) is 1.72. The molecule has 14 atom stereocenters. The fourth-order valence-corrected chi connectivity index (χ4v) is 16.4. The smallest absolute Gasteiger partial charge is 0.303 e. The van der Waals surface area contributed by atoms with Gasteiger partial charge in [0.15, 0.2) is 17.9 Å². The number of amides is 15. The number of hydrogen-bond donors (Lipinski definition) is 27. The molecule has 724 valence electrons. The number of para-hydroxylation sites is 1. The van der Waals surface area contributed by atoms with Crippen molar-refractivity contribution in [2.45, 2.75) is 233 Å². The molecule has 133 heavy (non-hydrogen) atoms. The average molecular weight is 1890 g/mol. The summed E-state index contributed by atoms with van der Waals surface area (Å²) in [5.41, 5.74) is 24.1. The second-order valence-electron chi connectivity index (χ2n) is 32.6. The lowest BCUT2D eigenvalue weighted by Crippen LogP contribution is -2.61. The molecule has 3 aromatic heterocycles. The van der Waals surface area contributed by atoms with Gasteiger partial charge in [0.2, 0.25) is 88.6 Å². The predicted molar refractivity (Wildman–Crippen MR) is 489 cm³/mol. The van der Waals surface area contributed by atoms with Crippen LogP contribution < -0.4 is 97.4 Å². The third-order valence-electron chi connectivity index (χ3n) is 22.7. The summed E-state index contributed by atoms with van der Waals surface area (Å²) in [6, 6.07) is -7.74. The molecule has 0 saturated carbocycles. The van der Waals surface area contributed by atoms with E-state index in [4.69, 9.17) is 39.2 Å². The highest BCUT2D eigenvalue weighted by atomic mass is 32.1. The number of carbonyl (C=O) groups excluding carboxylic acids is 15. The van der Waals surface area contributed by atoms with E-state index in [0.29, 0.717) is 47.0 Å². The van der Waals surface area contributed by atoms with Crippen LogP contribution in [0.4, 0.5) is 4.39 Å². The number of halogens is 1. The van der Waals surface area contributed by atoms with Crippen LogP contribution in [-0.4, -0.2) is 293 Å². The van der Waals surface area contributed by atoms with E-state index in [0.717, 1.165) is 12.1 Å². The topological polar surface area (TPSA) is 720 Å². The van der Waals surface area contributed by atoms with Crippen LogP contribution in [0.25, 0.3) is 10.9 Å². The van der Waals surface area contributed by atoms with Crippen molar-refractivity contribution in [3.63, 3.8) is 0 Å². The van der Waals surface area contributed by atoms with E-state index < -0.39 is 204 Å². The number of hydrogen-bond acceptors (Lipinski definition) is 23. The van der Waals surface area contributed by atoms with Crippen molar-refractivity contribution in [2.24, 2.45) is 22.9 Å². The molecule has 49 heteroatoms. The first kappa shape index (κ1) is 105. The van der Waals surface area contributed by atoms with Gasteiger partial charge in [0, 0.05) is 119 Å². The van der Waals surface area contributed by atoms with Gasteiger partial charge in [0.05, 0.1) is 24.0 Å². The number of rotatable bonds is 53. The Hall–Kier alpha value is -13.6. The minimum absolute atomic E-state index is 0.00125. The molecule has 0 unspecified atom stereocenters. The molecule has 5 aromatic rings. The molecule has 15 amide bonds. The number of aromatic amines is 3. The van der Waals surface area contributed by atoms with Gasteiger partial charge in [-0.25, -0.2) is 14.4 Å². The number of benzene rings is 2. The maximum atomic E-state index is 15.3. The number of guanidine groups is 3. The van der Waals surface area contributed by atoms with E-state index in [1.165, 1.54) is 58.8 Å². The molecule has 3 fully saturated rings. The number of nitrogens with one attached hydrogen (secondary N) is 20. The molecule has 6 heterocycles. The van der Waals surface area contributed by atoms with Crippen LogP contribution in [0, 0.1) is 22.0 Å². The second-order valence-corrected chi connectivity index (χ2v) is 33.4. The summed E-state index contributed by atoms with van der Waals surface area (Å²) in [7, 11) is 0. The number of nitrogens with two attached hydrogens (primary N) is 4. The Bertz CT molecular complexity index is 4900. The molecule has 3 aliphatic heterocycles. The summed E-state index contributed by atoms with van der Waals surface area (Å²) in [5.74, 6) is -16.3. The SMILES string of the molecule is CCCC[C@H](NC(=O)[C@H](CCC(=O)O)NC(=O)[C@@H](CCCNC(=N)N)NC(=O)[C@@H]1CCCN1C(=O)[C@@H]1CCCN1C(=O)[C@H](CS)NC(=O)[C@H](Cc1c[nH]c2ccccc12)NC(=O)[C@H](Cc1c[nH]cn1)NC(=O)[C@@H](Cc1ccc(F)cc1)NC(=O)[C@H](Cc1c[nH]cn1)NC(=O)[C@@H]1CCCN1C(=O)[C@H](CS)NC(C)=O)C(=O)N[C@H](CCCNC(=N)N)C(=O)N[C@H](CCCNC(=N)N)C(N)=O. The van der Waals surface area contributed by atoms with Crippen LogP contribution in [0.15, 0.2) is 79.8 Å². The molecule has 3 aliphatic rings. The monoisotopic (exact) mass is 1890 g/mol. The Morgan fingerprint density at radius 1 is 0.466 bits per heavy atom. The van der Waals surface area contributed by atoms with Gasteiger partial charge >= 0.3 is 5.97 Å². The van der Waals surface area contributed by atoms with E-state index in [1.54, 1.807) is 37.4 Å². The fourth-order valence-electron chi connectivity index (χ4n) is 15.9. The first-order valence-corrected chi connectivity index (χ1v) is 45.3. The van der Waals surface area contributed by atoms with Crippen molar-refractivity contribution in [2.75, 3.05) is 50.8 Å². The number of unbranched alkanes of at least 4 members (excludes halogenated alkanes) is 1. The number of thiol groups is 2. The summed E-state index contributed by atoms with van der Waals surface area (Å²) < 4.78 is 14.5. The molecule has 3 saturated heterocycles. The number of carboxylic acid groups (broad SMARTS) is 1. The minimum atomic E-state index is -1.71. The van der Waals surface area contributed by atoms with Crippen LogP contribution in [-0.2, 0) is 102 Å². The number of imidazole rings is 2. The van der Waals surface area contributed by atoms with Crippen LogP contribution in [0.2, 0.25) is 0 Å². The molecular formula is C84H122FN29O17S2. The zero-order valence-corrected chi connectivity index (χ0v) is 75.7. The summed E-state index contributed by atoms with van der Waals surface area (Å²) in [6.45, 7) is 3.35. The van der Waals surface area contributed by atoms with Gasteiger partial charge in [-0.05, 0) is 119 Å². The maximum Gasteiger partial charge on any atom is 0.303 e. The standard InChI is InChI=1S/C84H122FN29O17S2/c1-3-4-14-54(70(120)104-55(17-8-29-96-83(89)90)69(119)102-53(68(86)118)16-7-28-95-82(87)88)103-72(122)57(26-27-67(116)117)105-71(121)56(18-9-30-97-84(91)92)106-77(127)65-20-11-32-113(65)81(131)66-21-12-33-114(66)80(130)63(42-133)111-74(124)59(35-47-38-98-52-15-6-5-13-51(47)52)108-75(125)60(36-49-39-93-43-99-49)109-73(123)58(34-46-22-24-48(85)25-23-46)107-76(126)61(37-50-40-94-44-100-50)110-78(128)64-19-10-31-112(64)79(129)62(41-132)101-45(2)115/h5-6,13,15,22-25,38-40,43-44,53-66,98,132-133H,3-4,7-12,14,16-21,26-37,41-42H2,1-2H3,(H2,86,118)(H,93,99)(H,94,100)(H,101,115)(H,102,119)(H,103,122)(H,104,120)(H,105,121)(H,106,127)(H,107,126)(H,108,125)(H,109,123)(H,110,128)(H,111,124)(H,116,117)(H4,87,88,95)(H4,89,90,96)(H4,91,92,97)/t53-,54+,55-,56-,57+,58-,59+,60+,61+,62+,63+,64+,65+,66+/m1/s1. The number of fused-ring (bicyclic) bond motifs is 1. The third kappa shape index (κ3) is 32.4. The molecule has 0 spiro atoms. The molecule has 29 N–H and O–H groups in total. The number of aliphatic carboxylic acids is 1. The number of carbonyl (C=O) groups is 16. The minimum Gasteiger partial charge on any atom is -0.481 e. The van der Waals surface area contributed by atoms with E-state index in [1.807, 2.05) is 0 Å². The molecule has 0 radical (unpaired) electrons. The molecule has 46 nitrogen and oxygen atoms in total. The van der Waals surface area contributed by atoms with Crippen LogP contribution >= 0.6 is 25.3 Å². The third-order valence-corrected chi connectivity index (χ3v) is 23.4. The number of aromatic nitrogens is 5. The number of H-pyrrole nitrogens is 3. The Labute approximate surface area is 776 Å². The molecule has 8 rings (SSSR count). The van der Waals surface area contributed by atoms with Crippen molar-refractivity contribution in [3.05, 3.63) is 108 Å². The Kier molecular flexibility index (Phi) is 41.3. The second kappa shape index (κ2) is 52.4. The van der Waals surface area contributed by atoms with Crippen molar-refractivity contribution in [3.8, 4) is 0 Å². The summed E-state index contributed by atoms with van der Waals surface area (Å²) in [5, 5.41) is 70.3. The number of carboxylic acids is 1. The number of likely N-dealkylation sites (tertiary alicyclic amines) is 3. The molecule has 0 bridgehead atoms. The van der Waals surface area contributed by atoms with Gasteiger partial charge in [0.25, 0.3) is 0 Å². The van der Waals surface area contributed by atoms with Gasteiger partial charge in [0.1, 0.15) is 90.4 Å². The first-order chi connectivity index (χ1) is 63.6. The van der Waals surface area contributed by atoms with Crippen LogP contribution in [0.3, 0.4) is 0 Å². The first-order valence-electron chi connectivity index (χ1n) is 44.0. The summed E-state index contributed by atoms with van der Waals surface area (Å²) in [6.07, 6.45) is 6.84. The van der Waals surface area contributed by atoms with Gasteiger partial charge < -0.3 is 132 Å². The van der Waals surface area contributed by atoms with E-state index >= 15 is 24.0 Å². The molecule has 2 aromatic carbocycles. The summed E-state index contributed by atoms with van der Waals surface area (Å²) in [4.78, 5) is 250. The highest BCUT2D eigenvalue weighted by Crippen LogP contribution is 2.28. The van der Waals surface area contributed by atoms with E-state index in [-0.39, 0.29) is 171 Å². The van der Waals surface area contributed by atoms with Crippen molar-refractivity contribution in [1.29, 1.82) is 16.2 Å². The quantitative estimate of drug-likeness (QED) is 0.00756. The van der Waals surface area contributed by atoms with Gasteiger partial charge in [-0.15, -0.1) is 0 Å².